The summed E-state index contributed by atoms with van der Waals surface area (Å²) in [6.07, 6.45) is 5.09. The lowest BCUT2D eigenvalue weighted by Crippen LogP contribution is -2.61. The van der Waals surface area contributed by atoms with Gasteiger partial charge in [0.25, 0.3) is 11.8 Å². The minimum Gasteiger partial charge on any atom is -0.457 e. The number of para-hydroxylation sites is 1. The Morgan fingerprint density at radius 3 is 2.28 bits per heavy atom. The van der Waals surface area contributed by atoms with Gasteiger partial charge >= 0.3 is 0 Å². The van der Waals surface area contributed by atoms with Gasteiger partial charge in [-0.05, 0) is 99.8 Å². The fraction of sp³-hybridized carbons (Fsp3) is 0.364. The predicted molar refractivity (Wildman–Crippen MR) is 220 cm³/mol. The standard InChI is InChI=1S/C44H44N10O6/c45-39-37-38(27-6-9-31(10-7-27)60-30-4-2-1-3-5-30)49-54(40(37)47-26-46-39)28-14-18-51(19-15-28)36(56)23-50-20-16-44(17-21-50)24-52(25-44)29-8-11-32-33(22-29)43(59)53(42(32)58)34-12-13-35(55)48-41(34)57/h1-11,22,26,28,34H,12-21,23-25H2,(H2,45,46,47)(H,48,55,57). The van der Waals surface area contributed by atoms with Crippen LogP contribution in [0.5, 0.6) is 11.5 Å². The van der Waals surface area contributed by atoms with E-state index in [0.717, 1.165) is 73.8 Å². The summed E-state index contributed by atoms with van der Waals surface area (Å²) >= 11 is 0. The Labute approximate surface area is 345 Å². The van der Waals surface area contributed by atoms with E-state index in [4.69, 9.17) is 15.6 Å². The molecule has 16 heteroatoms. The summed E-state index contributed by atoms with van der Waals surface area (Å²) in [5.41, 5.74) is 10.2. The molecule has 7 heterocycles. The number of nitrogens with two attached hydrogens (primary N) is 1. The number of nitrogens with one attached hydrogen (secondary N) is 1. The molecule has 60 heavy (non-hydrogen) atoms. The van der Waals surface area contributed by atoms with Crippen molar-refractivity contribution in [2.75, 3.05) is 56.4 Å². The number of carbonyl (C=O) groups excluding carboxylic acids is 5. The summed E-state index contributed by atoms with van der Waals surface area (Å²) in [6.45, 7) is 4.95. The molecule has 0 saturated carbocycles. The summed E-state index contributed by atoms with van der Waals surface area (Å²) in [5.74, 6) is -0.0442. The van der Waals surface area contributed by atoms with Gasteiger partial charge in [-0.25, -0.2) is 14.6 Å². The number of imide groups is 2. The maximum absolute atomic E-state index is 13.6. The number of carbonyl (C=O) groups is 5. The highest BCUT2D eigenvalue weighted by molar-refractivity contribution is 6.23. The van der Waals surface area contributed by atoms with Crippen molar-refractivity contribution in [1.29, 1.82) is 0 Å². The number of nitrogens with zero attached hydrogens (tertiary/aromatic N) is 8. The Balaban J connectivity index is 0.723. The number of fused-ring (bicyclic) bond motifs is 2. The maximum atomic E-state index is 13.6. The van der Waals surface area contributed by atoms with Gasteiger partial charge < -0.3 is 20.3 Å². The second-order valence-electron chi connectivity index (χ2n) is 16.6. The minimum absolute atomic E-state index is 0.0465. The molecular weight excluding hydrogens is 765 g/mol. The van der Waals surface area contributed by atoms with E-state index in [1.807, 2.05) is 70.2 Å². The zero-order valence-electron chi connectivity index (χ0n) is 33.0. The third-order valence-electron chi connectivity index (χ3n) is 12.9. The number of anilines is 2. The summed E-state index contributed by atoms with van der Waals surface area (Å²) < 4.78 is 7.95. The van der Waals surface area contributed by atoms with E-state index in [0.29, 0.717) is 53.5 Å². The topological polar surface area (TPSA) is 189 Å². The van der Waals surface area contributed by atoms with E-state index < -0.39 is 29.7 Å². The van der Waals surface area contributed by atoms with E-state index in [9.17, 15) is 24.0 Å². The van der Waals surface area contributed by atoms with Crippen LogP contribution in [0.25, 0.3) is 22.3 Å². The van der Waals surface area contributed by atoms with Crippen LogP contribution in [0, 0.1) is 5.41 Å². The highest BCUT2D eigenvalue weighted by Gasteiger charge is 2.48. The van der Waals surface area contributed by atoms with Crippen molar-refractivity contribution in [2.24, 2.45) is 5.41 Å². The summed E-state index contributed by atoms with van der Waals surface area (Å²) in [7, 11) is 0. The van der Waals surface area contributed by atoms with E-state index in [1.165, 1.54) is 6.33 Å². The second-order valence-corrected chi connectivity index (χ2v) is 16.6. The first-order valence-electron chi connectivity index (χ1n) is 20.6. The van der Waals surface area contributed by atoms with Crippen molar-refractivity contribution >= 4 is 52.1 Å². The molecule has 0 bridgehead atoms. The molecule has 0 radical (unpaired) electrons. The fourth-order valence-electron chi connectivity index (χ4n) is 9.51. The van der Waals surface area contributed by atoms with Crippen LogP contribution in [0.15, 0.2) is 79.1 Å². The molecule has 1 spiro atoms. The molecule has 10 rings (SSSR count). The zero-order valence-corrected chi connectivity index (χ0v) is 33.0. The maximum Gasteiger partial charge on any atom is 0.262 e. The lowest BCUT2D eigenvalue weighted by Gasteiger charge is -2.55. The van der Waals surface area contributed by atoms with Gasteiger partial charge in [0, 0.05) is 49.3 Å². The van der Waals surface area contributed by atoms with E-state index in [1.54, 1.807) is 12.1 Å². The number of likely N-dealkylation sites (tertiary alicyclic amines) is 2. The SMILES string of the molecule is Nc1ncnc2c1c(-c1ccc(Oc3ccccc3)cc1)nn2C1CCN(C(=O)CN2CCC3(CC2)CN(c2ccc4c(c2)C(=O)N(C2CCC(=O)NC2=O)C4=O)C3)CC1. The van der Waals surface area contributed by atoms with Crippen molar-refractivity contribution in [1.82, 2.24) is 39.8 Å². The monoisotopic (exact) mass is 808 g/mol. The van der Waals surface area contributed by atoms with Gasteiger partial charge in [0.1, 0.15) is 35.4 Å². The Hall–Kier alpha value is -6.68. The molecule has 5 aliphatic heterocycles. The Morgan fingerprint density at radius 1 is 0.833 bits per heavy atom. The summed E-state index contributed by atoms with van der Waals surface area (Å²) in [5, 5.41) is 8.00. The van der Waals surface area contributed by atoms with Gasteiger partial charge in [0.05, 0.1) is 29.1 Å². The van der Waals surface area contributed by atoms with Crippen molar-refractivity contribution in [2.45, 2.75) is 50.6 Å². The zero-order chi connectivity index (χ0) is 41.1. The van der Waals surface area contributed by atoms with Gasteiger partial charge in [0.15, 0.2) is 5.65 Å². The smallest absolute Gasteiger partial charge is 0.262 e. The molecule has 2 aromatic heterocycles. The third-order valence-corrected chi connectivity index (χ3v) is 12.9. The quantitative estimate of drug-likeness (QED) is 0.215. The van der Waals surface area contributed by atoms with Crippen LogP contribution in [-0.4, -0.2) is 116 Å². The van der Waals surface area contributed by atoms with Crippen LogP contribution < -0.4 is 20.7 Å². The largest absolute Gasteiger partial charge is 0.457 e. The van der Waals surface area contributed by atoms with Crippen molar-refractivity contribution in [3.05, 3.63) is 90.3 Å². The average molecular weight is 809 g/mol. The number of nitrogen functional groups attached to an aromatic ring is 1. The van der Waals surface area contributed by atoms with Gasteiger partial charge in [-0.1, -0.05) is 18.2 Å². The summed E-state index contributed by atoms with van der Waals surface area (Å²) in [4.78, 5) is 80.5. The first-order valence-corrected chi connectivity index (χ1v) is 20.6. The number of rotatable bonds is 8. The number of piperidine rings is 3. The third kappa shape index (κ3) is 6.69. The lowest BCUT2D eigenvalue weighted by atomic mass is 9.71. The number of amides is 5. The Morgan fingerprint density at radius 2 is 1.55 bits per heavy atom. The molecule has 5 aromatic rings. The molecule has 16 nitrogen and oxygen atoms in total. The van der Waals surface area contributed by atoms with E-state index in [2.05, 4.69) is 25.1 Å². The van der Waals surface area contributed by atoms with Crippen LogP contribution in [0.4, 0.5) is 11.5 Å². The Kier molecular flexibility index (Phi) is 9.30. The summed E-state index contributed by atoms with van der Waals surface area (Å²) in [6, 6.07) is 21.7. The lowest BCUT2D eigenvalue weighted by molar-refractivity contribution is -0.136. The molecule has 0 aliphatic carbocycles. The van der Waals surface area contributed by atoms with Crippen molar-refractivity contribution < 1.29 is 28.7 Å². The second kappa shape index (κ2) is 14.9. The van der Waals surface area contributed by atoms with Crippen LogP contribution >= 0.6 is 0 Å². The normalized spacial score (nSPS) is 20.7. The number of hydrogen-bond acceptors (Lipinski definition) is 12. The minimum atomic E-state index is -0.987. The van der Waals surface area contributed by atoms with Gasteiger partial charge in [-0.15, -0.1) is 0 Å². The van der Waals surface area contributed by atoms with E-state index in [-0.39, 0.29) is 35.8 Å². The number of benzene rings is 3. The average Bonchev–Trinajstić information content (AvgIpc) is 3.76. The molecule has 1 atom stereocenters. The molecule has 1 unspecified atom stereocenters. The van der Waals surface area contributed by atoms with Crippen LogP contribution in [0.1, 0.15) is 65.3 Å². The molecule has 5 aliphatic rings. The highest BCUT2D eigenvalue weighted by atomic mass is 16.5. The molecule has 4 saturated heterocycles. The molecule has 3 aromatic carbocycles. The molecule has 5 amide bonds. The van der Waals surface area contributed by atoms with Crippen LogP contribution in [0.2, 0.25) is 0 Å². The first-order chi connectivity index (χ1) is 29.1. The van der Waals surface area contributed by atoms with Crippen molar-refractivity contribution in [3.8, 4) is 22.8 Å². The number of hydrogen-bond donors (Lipinski definition) is 2. The fourth-order valence-corrected chi connectivity index (χ4v) is 9.51. The Bertz CT molecular complexity index is 2540. The highest BCUT2D eigenvalue weighted by Crippen LogP contribution is 2.44. The molecular formula is C44H44N10O6. The van der Waals surface area contributed by atoms with Gasteiger partial charge in [-0.2, -0.15) is 5.10 Å². The number of aromatic nitrogens is 4. The van der Waals surface area contributed by atoms with Crippen molar-refractivity contribution in [3.63, 3.8) is 0 Å². The molecule has 3 N–H and O–H groups in total. The van der Waals surface area contributed by atoms with Gasteiger partial charge in [-0.3, -0.25) is 39.1 Å². The predicted octanol–water partition coefficient (Wildman–Crippen LogP) is 4.03. The van der Waals surface area contributed by atoms with Crippen LogP contribution in [0.3, 0.4) is 0 Å². The molecule has 306 valence electrons. The van der Waals surface area contributed by atoms with Crippen LogP contribution in [-0.2, 0) is 14.4 Å². The molecule has 4 fully saturated rings. The van der Waals surface area contributed by atoms with Gasteiger partial charge in [0.2, 0.25) is 17.7 Å². The van der Waals surface area contributed by atoms with E-state index >= 15 is 0 Å². The number of ether oxygens (including phenoxy) is 1. The first kappa shape index (κ1) is 37.6.